The summed E-state index contributed by atoms with van der Waals surface area (Å²) in [5, 5.41) is 3.60. The second kappa shape index (κ2) is 7.93. The number of benzene rings is 1. The molecule has 1 fully saturated rings. The molecule has 1 unspecified atom stereocenters. The Balaban J connectivity index is 0.00000200. The lowest BCUT2D eigenvalue weighted by atomic mass is 10.2. The van der Waals surface area contributed by atoms with Gasteiger partial charge in [0.25, 0.3) is 5.91 Å². The maximum Gasteiger partial charge on any atom is 0.257 e. The van der Waals surface area contributed by atoms with Crippen molar-refractivity contribution >= 4 is 41.5 Å². The fourth-order valence-corrected chi connectivity index (χ4v) is 1.98. The highest BCUT2D eigenvalue weighted by atomic mass is 35.5. The minimum atomic E-state index is -0.192. The molecule has 1 atom stereocenters. The number of halogens is 3. The van der Waals surface area contributed by atoms with Crippen LogP contribution in [0.25, 0.3) is 0 Å². The molecular formula is C13H17Cl3N2O2. The summed E-state index contributed by atoms with van der Waals surface area (Å²) in [6, 6.07) is 4.92. The summed E-state index contributed by atoms with van der Waals surface area (Å²) >= 11 is 11.6. The molecule has 1 amide bonds. The zero-order valence-electron chi connectivity index (χ0n) is 10.8. The molecule has 0 spiro atoms. The highest BCUT2D eigenvalue weighted by molar-refractivity contribution is 6.42. The van der Waals surface area contributed by atoms with Gasteiger partial charge in [0.05, 0.1) is 10.0 Å². The quantitative estimate of drug-likeness (QED) is 0.837. The van der Waals surface area contributed by atoms with Crippen LogP contribution in [0.15, 0.2) is 18.2 Å². The number of nitrogens with two attached hydrogens (primary N) is 1. The standard InChI is InChI=1S/C13H16Cl2N2O2.ClH/c14-10-4-3-9(5-11(10)15)19-7-13(18)17-6-12(16)8-1-2-8;/h3-5,8,12H,1-2,6-7,16H2,(H,17,18);1H. The molecule has 0 aromatic heterocycles. The predicted molar refractivity (Wildman–Crippen MR) is 82.9 cm³/mol. The predicted octanol–water partition coefficient (Wildman–Crippen LogP) is 2.65. The summed E-state index contributed by atoms with van der Waals surface area (Å²) < 4.78 is 5.32. The maximum absolute atomic E-state index is 11.6. The van der Waals surface area contributed by atoms with E-state index in [1.54, 1.807) is 18.2 Å². The number of hydrogen-bond acceptors (Lipinski definition) is 3. The first-order valence-corrected chi connectivity index (χ1v) is 6.92. The van der Waals surface area contributed by atoms with Gasteiger partial charge in [0.2, 0.25) is 0 Å². The third kappa shape index (κ3) is 5.37. The molecule has 1 saturated carbocycles. The first-order chi connectivity index (χ1) is 9.06. The lowest BCUT2D eigenvalue weighted by Crippen LogP contribution is -2.40. The molecule has 7 heteroatoms. The summed E-state index contributed by atoms with van der Waals surface area (Å²) in [4.78, 5) is 11.6. The Morgan fingerprint density at radius 2 is 2.10 bits per heavy atom. The fourth-order valence-electron chi connectivity index (χ4n) is 1.69. The van der Waals surface area contributed by atoms with E-state index >= 15 is 0 Å². The number of nitrogens with one attached hydrogen (secondary N) is 1. The molecule has 1 aliphatic rings. The molecule has 0 radical (unpaired) electrons. The Morgan fingerprint density at radius 1 is 1.40 bits per heavy atom. The highest BCUT2D eigenvalue weighted by Gasteiger charge is 2.28. The van der Waals surface area contributed by atoms with E-state index in [1.807, 2.05) is 0 Å². The van der Waals surface area contributed by atoms with Crippen molar-refractivity contribution in [2.24, 2.45) is 11.7 Å². The van der Waals surface area contributed by atoms with Gasteiger partial charge in [0.1, 0.15) is 5.75 Å². The van der Waals surface area contributed by atoms with Crippen LogP contribution in [0.5, 0.6) is 5.75 Å². The molecular weight excluding hydrogens is 323 g/mol. The van der Waals surface area contributed by atoms with Gasteiger partial charge in [-0.05, 0) is 30.9 Å². The molecule has 1 aromatic carbocycles. The van der Waals surface area contributed by atoms with Crippen molar-refractivity contribution in [1.29, 1.82) is 0 Å². The smallest absolute Gasteiger partial charge is 0.257 e. The number of amides is 1. The zero-order chi connectivity index (χ0) is 13.8. The second-order valence-corrected chi connectivity index (χ2v) is 5.48. The van der Waals surface area contributed by atoms with Crippen molar-refractivity contribution in [3.63, 3.8) is 0 Å². The zero-order valence-corrected chi connectivity index (χ0v) is 13.1. The van der Waals surface area contributed by atoms with Gasteiger partial charge in [-0.15, -0.1) is 12.4 Å². The lowest BCUT2D eigenvalue weighted by Gasteiger charge is -2.12. The van der Waals surface area contributed by atoms with Crippen molar-refractivity contribution in [1.82, 2.24) is 5.32 Å². The molecule has 1 aromatic rings. The molecule has 0 bridgehead atoms. The molecule has 3 N–H and O–H groups in total. The van der Waals surface area contributed by atoms with Crippen LogP contribution >= 0.6 is 35.6 Å². The van der Waals surface area contributed by atoms with Crippen LogP contribution in [-0.2, 0) is 4.79 Å². The van der Waals surface area contributed by atoms with Crippen molar-refractivity contribution < 1.29 is 9.53 Å². The van der Waals surface area contributed by atoms with E-state index in [0.717, 1.165) is 12.8 Å². The van der Waals surface area contributed by atoms with Crippen molar-refractivity contribution in [3.8, 4) is 5.75 Å². The van der Waals surface area contributed by atoms with Gasteiger partial charge < -0.3 is 15.8 Å². The molecule has 1 aliphatic carbocycles. The van der Waals surface area contributed by atoms with E-state index in [2.05, 4.69) is 5.32 Å². The number of carbonyl (C=O) groups is 1. The van der Waals surface area contributed by atoms with E-state index < -0.39 is 0 Å². The first kappa shape index (κ1) is 17.4. The van der Waals surface area contributed by atoms with E-state index in [1.165, 1.54) is 0 Å². The number of carbonyl (C=O) groups excluding carboxylic acids is 1. The van der Waals surface area contributed by atoms with Gasteiger partial charge in [-0.2, -0.15) is 0 Å². The van der Waals surface area contributed by atoms with E-state index in [9.17, 15) is 4.79 Å². The number of ether oxygens (including phenoxy) is 1. The highest BCUT2D eigenvalue weighted by Crippen LogP contribution is 2.31. The SMILES string of the molecule is Cl.NC(CNC(=O)COc1ccc(Cl)c(Cl)c1)C1CC1. The first-order valence-electron chi connectivity index (χ1n) is 6.16. The fraction of sp³-hybridized carbons (Fsp3) is 0.462. The number of hydrogen-bond donors (Lipinski definition) is 2. The Kier molecular flexibility index (Phi) is 6.89. The Morgan fingerprint density at radius 3 is 2.70 bits per heavy atom. The largest absolute Gasteiger partial charge is 0.484 e. The maximum atomic E-state index is 11.6. The van der Waals surface area contributed by atoms with Crippen LogP contribution in [0.3, 0.4) is 0 Å². The molecule has 0 saturated heterocycles. The van der Waals surface area contributed by atoms with Crippen LogP contribution in [0.4, 0.5) is 0 Å². The van der Waals surface area contributed by atoms with Gasteiger partial charge >= 0.3 is 0 Å². The molecule has 20 heavy (non-hydrogen) atoms. The normalized spacial score (nSPS) is 15.2. The van der Waals surface area contributed by atoms with Crippen LogP contribution in [0, 0.1) is 5.92 Å². The Bertz CT molecular complexity index is 467. The summed E-state index contributed by atoms with van der Waals surface area (Å²) in [6.07, 6.45) is 2.33. The van der Waals surface area contributed by atoms with Gasteiger partial charge in [0, 0.05) is 18.7 Å². The van der Waals surface area contributed by atoms with Crippen LogP contribution < -0.4 is 15.8 Å². The lowest BCUT2D eigenvalue weighted by molar-refractivity contribution is -0.123. The van der Waals surface area contributed by atoms with Crippen molar-refractivity contribution in [3.05, 3.63) is 28.2 Å². The van der Waals surface area contributed by atoms with Crippen LogP contribution in [0.1, 0.15) is 12.8 Å². The Labute approximate surface area is 134 Å². The van der Waals surface area contributed by atoms with E-state index in [0.29, 0.717) is 28.3 Å². The van der Waals surface area contributed by atoms with E-state index in [4.69, 9.17) is 33.7 Å². The van der Waals surface area contributed by atoms with Crippen LogP contribution in [0.2, 0.25) is 10.0 Å². The average Bonchev–Trinajstić information content (AvgIpc) is 3.21. The van der Waals surface area contributed by atoms with Crippen molar-refractivity contribution in [2.45, 2.75) is 18.9 Å². The van der Waals surface area contributed by atoms with Crippen molar-refractivity contribution in [2.75, 3.05) is 13.2 Å². The van der Waals surface area contributed by atoms with Gasteiger partial charge in [-0.3, -0.25) is 4.79 Å². The van der Waals surface area contributed by atoms with E-state index in [-0.39, 0.29) is 31.0 Å². The minimum absolute atomic E-state index is 0. The van der Waals surface area contributed by atoms with Gasteiger partial charge in [0.15, 0.2) is 6.61 Å². The average molecular weight is 340 g/mol. The third-order valence-electron chi connectivity index (χ3n) is 3.02. The topological polar surface area (TPSA) is 64.3 Å². The second-order valence-electron chi connectivity index (χ2n) is 4.67. The molecule has 4 nitrogen and oxygen atoms in total. The minimum Gasteiger partial charge on any atom is -0.484 e. The summed E-state index contributed by atoms with van der Waals surface area (Å²) in [6.45, 7) is 0.434. The summed E-state index contributed by atoms with van der Waals surface area (Å²) in [5.74, 6) is 0.884. The molecule has 2 rings (SSSR count). The summed E-state index contributed by atoms with van der Waals surface area (Å²) in [5.41, 5.74) is 5.88. The Hall–Kier alpha value is -0.680. The monoisotopic (exact) mass is 338 g/mol. The number of rotatable bonds is 6. The van der Waals surface area contributed by atoms with Gasteiger partial charge in [-0.25, -0.2) is 0 Å². The third-order valence-corrected chi connectivity index (χ3v) is 3.76. The molecule has 0 aliphatic heterocycles. The molecule has 0 heterocycles. The molecule has 112 valence electrons. The summed E-state index contributed by atoms with van der Waals surface area (Å²) in [7, 11) is 0. The van der Waals surface area contributed by atoms with Crippen LogP contribution in [-0.4, -0.2) is 25.1 Å². The van der Waals surface area contributed by atoms with Gasteiger partial charge in [-0.1, -0.05) is 23.2 Å².